The van der Waals surface area contributed by atoms with Crippen LogP contribution in [-0.2, 0) is 25.2 Å². The summed E-state index contributed by atoms with van der Waals surface area (Å²) in [7, 11) is -7.54. The van der Waals surface area contributed by atoms with Crippen molar-refractivity contribution in [3.05, 3.63) is 59.2 Å². The molecule has 1 aliphatic carbocycles. The van der Waals surface area contributed by atoms with Gasteiger partial charge >= 0.3 is 0 Å². The van der Waals surface area contributed by atoms with E-state index in [1.807, 2.05) is 6.92 Å². The number of aliphatic hydroxyl groups is 1. The summed E-state index contributed by atoms with van der Waals surface area (Å²) in [5.41, 5.74) is -0.805. The minimum absolute atomic E-state index is 0.0900. The number of carbonyl (C=O) groups is 2. The van der Waals surface area contributed by atoms with Crippen molar-refractivity contribution in [3.63, 3.8) is 0 Å². The zero-order valence-electron chi connectivity index (χ0n) is 20.4. The van der Waals surface area contributed by atoms with E-state index >= 15 is 0 Å². The second-order valence-corrected chi connectivity index (χ2v) is 12.4. The third-order valence-electron chi connectivity index (χ3n) is 6.08. The molecule has 0 fully saturated rings. The number of hydrogen-bond donors (Lipinski definition) is 6. The lowest BCUT2D eigenvalue weighted by Crippen LogP contribution is -2.55. The molecule has 2 aromatic carbocycles. The van der Waals surface area contributed by atoms with Crippen LogP contribution in [0, 0.1) is 0 Å². The molecule has 37 heavy (non-hydrogen) atoms. The van der Waals surface area contributed by atoms with Gasteiger partial charge in [0.25, 0.3) is 0 Å². The number of rotatable bonds is 7. The quantitative estimate of drug-likeness (QED) is 0.301. The monoisotopic (exact) mass is 548 g/mol. The highest BCUT2D eigenvalue weighted by atomic mass is 32.3. The number of hydrogen-bond acceptors (Lipinski definition) is 9. The smallest absolute Gasteiger partial charge is 0.229 e. The number of nitrogens with zero attached hydrogens (tertiary/aromatic N) is 1. The van der Waals surface area contributed by atoms with E-state index in [4.69, 9.17) is 0 Å². The topological polar surface area (TPSA) is 177 Å². The Morgan fingerprint density at radius 1 is 1.19 bits per heavy atom. The number of ketones is 1. The molecule has 0 saturated heterocycles. The van der Waals surface area contributed by atoms with Crippen LogP contribution in [0.25, 0.3) is 5.76 Å². The van der Waals surface area contributed by atoms with Gasteiger partial charge in [-0.2, -0.15) is 0 Å². The van der Waals surface area contributed by atoms with Crippen LogP contribution < -0.4 is 15.4 Å². The zero-order valence-corrected chi connectivity index (χ0v) is 22.0. The predicted octanol–water partition coefficient (Wildman–Crippen LogP) is 3.98. The second-order valence-electron chi connectivity index (χ2n) is 8.96. The lowest BCUT2D eigenvalue weighted by molar-refractivity contribution is -0.129. The van der Waals surface area contributed by atoms with Gasteiger partial charge in [-0.05, 0) is 30.2 Å². The number of amidine groups is 1. The second kappa shape index (κ2) is 9.49. The molecule has 0 bridgehead atoms. The van der Waals surface area contributed by atoms with Crippen molar-refractivity contribution < 1.29 is 32.2 Å². The van der Waals surface area contributed by atoms with Gasteiger partial charge in [0.05, 0.1) is 17.6 Å². The molecule has 2 aliphatic rings. The number of aliphatic hydroxyl groups excluding tert-OH is 1. The number of amides is 1. The molecule has 198 valence electrons. The van der Waals surface area contributed by atoms with Gasteiger partial charge < -0.3 is 15.7 Å². The summed E-state index contributed by atoms with van der Waals surface area (Å²) in [5, 5.41) is 16.9. The number of unbranched alkanes of at least 4 members (excludes halogenated alkanes) is 1. The molecule has 1 amide bonds. The SMILES string of the molecule is CCCCC1(NC(C)=O)C(=O)C(C2=NS(O)(O)c3cc(NS(C)(=O)=O)ccc3N2)=C(O)c2ccccc21. The fraction of sp³-hybridized carbons (Fsp3) is 0.292. The van der Waals surface area contributed by atoms with Crippen molar-refractivity contribution in [2.45, 2.75) is 43.5 Å². The molecule has 1 heterocycles. The van der Waals surface area contributed by atoms with Crippen LogP contribution in [0.2, 0.25) is 0 Å². The van der Waals surface area contributed by atoms with E-state index < -0.39 is 43.8 Å². The van der Waals surface area contributed by atoms with Crippen molar-refractivity contribution in [1.82, 2.24) is 5.32 Å². The Bertz CT molecular complexity index is 1470. The van der Waals surface area contributed by atoms with Gasteiger partial charge in [-0.15, -0.1) is 4.40 Å². The normalized spacial score (nSPS) is 21.2. The van der Waals surface area contributed by atoms with Crippen molar-refractivity contribution >= 4 is 55.5 Å². The number of sulfonamides is 1. The number of fused-ring (bicyclic) bond motifs is 2. The van der Waals surface area contributed by atoms with Gasteiger partial charge in [-0.3, -0.25) is 23.4 Å². The van der Waals surface area contributed by atoms with Crippen LogP contribution in [0.15, 0.2) is 57.3 Å². The molecular weight excluding hydrogens is 520 g/mol. The fourth-order valence-electron chi connectivity index (χ4n) is 4.60. The van der Waals surface area contributed by atoms with E-state index in [1.165, 1.54) is 25.1 Å². The maximum absolute atomic E-state index is 14.1. The number of nitrogens with one attached hydrogen (secondary N) is 3. The molecule has 1 atom stereocenters. The van der Waals surface area contributed by atoms with Gasteiger partial charge in [0.15, 0.2) is 11.6 Å². The summed E-state index contributed by atoms with van der Waals surface area (Å²) in [5.74, 6) is -1.79. The van der Waals surface area contributed by atoms with Crippen LogP contribution in [0.1, 0.15) is 44.2 Å². The van der Waals surface area contributed by atoms with Crippen LogP contribution in [0.3, 0.4) is 0 Å². The standard InChI is InChI=1S/C24H28N4O7S2/c1-4-5-12-24(26-14(2)29)17-9-7-6-8-16(17)21(30)20(22(24)31)23-25-18-11-10-15(27-36(3,32)33)13-19(18)37(34,35)28-23/h6-11,13,27,30,34-35H,4-5,12H2,1-3H3,(H,25,28)(H,26,29). The van der Waals surface area contributed by atoms with Crippen LogP contribution in [0.4, 0.5) is 11.4 Å². The number of carbonyl (C=O) groups excluding carboxylic acids is 2. The summed E-state index contributed by atoms with van der Waals surface area (Å²) in [6.45, 7) is 3.24. The maximum Gasteiger partial charge on any atom is 0.229 e. The third-order valence-corrected chi connectivity index (χ3v) is 8.05. The van der Waals surface area contributed by atoms with Crippen molar-refractivity contribution in [2.75, 3.05) is 16.3 Å². The molecule has 11 nitrogen and oxygen atoms in total. The van der Waals surface area contributed by atoms with Gasteiger partial charge in [0.1, 0.15) is 21.8 Å². The van der Waals surface area contributed by atoms with Crippen molar-refractivity contribution in [2.24, 2.45) is 4.40 Å². The molecule has 1 unspecified atom stereocenters. The number of anilines is 2. The highest BCUT2D eigenvalue weighted by Gasteiger charge is 2.50. The zero-order chi connectivity index (χ0) is 27.2. The lowest BCUT2D eigenvalue weighted by atomic mass is 9.71. The first-order valence-electron chi connectivity index (χ1n) is 11.4. The Balaban J connectivity index is 1.88. The minimum atomic E-state index is -3.91. The summed E-state index contributed by atoms with van der Waals surface area (Å²) in [6, 6.07) is 10.7. The first-order valence-corrected chi connectivity index (χ1v) is 14.8. The van der Waals surface area contributed by atoms with Gasteiger partial charge in [0, 0.05) is 12.5 Å². The van der Waals surface area contributed by atoms with Gasteiger partial charge in [-0.1, -0.05) is 54.8 Å². The molecule has 0 aromatic heterocycles. The first kappa shape index (κ1) is 26.7. The van der Waals surface area contributed by atoms with Gasteiger partial charge in [0.2, 0.25) is 15.9 Å². The van der Waals surface area contributed by atoms with E-state index in [2.05, 4.69) is 19.8 Å². The number of benzene rings is 2. The summed E-state index contributed by atoms with van der Waals surface area (Å²) in [4.78, 5) is 26.3. The predicted molar refractivity (Wildman–Crippen MR) is 143 cm³/mol. The molecule has 0 spiro atoms. The van der Waals surface area contributed by atoms with E-state index in [1.54, 1.807) is 24.3 Å². The largest absolute Gasteiger partial charge is 0.506 e. The average Bonchev–Trinajstić information content (AvgIpc) is 2.80. The Morgan fingerprint density at radius 2 is 1.89 bits per heavy atom. The molecule has 0 radical (unpaired) electrons. The Morgan fingerprint density at radius 3 is 2.54 bits per heavy atom. The van der Waals surface area contributed by atoms with E-state index in [0.29, 0.717) is 17.5 Å². The molecule has 4 rings (SSSR count). The van der Waals surface area contributed by atoms with Crippen molar-refractivity contribution in [1.29, 1.82) is 0 Å². The van der Waals surface area contributed by atoms with E-state index in [-0.39, 0.29) is 34.1 Å². The molecule has 13 heteroatoms. The number of Topliss-reactive ketones (excluding diaryl/α,β-unsaturated/α-hetero) is 1. The lowest BCUT2D eigenvalue weighted by Gasteiger charge is -2.40. The third kappa shape index (κ3) is 4.94. The molecule has 6 N–H and O–H groups in total. The highest BCUT2D eigenvalue weighted by molar-refractivity contribution is 8.23. The fourth-order valence-corrected chi connectivity index (χ4v) is 6.35. The summed E-state index contributed by atoms with van der Waals surface area (Å²) >= 11 is 0. The summed E-state index contributed by atoms with van der Waals surface area (Å²) in [6.07, 6.45) is 2.53. The molecule has 1 aliphatic heterocycles. The molecule has 2 aromatic rings. The first-order chi connectivity index (χ1) is 17.3. The van der Waals surface area contributed by atoms with Crippen molar-refractivity contribution in [3.8, 4) is 0 Å². The Labute approximate surface area is 216 Å². The van der Waals surface area contributed by atoms with E-state index in [9.17, 15) is 32.2 Å². The minimum Gasteiger partial charge on any atom is -0.506 e. The highest BCUT2D eigenvalue weighted by Crippen LogP contribution is 2.57. The van der Waals surface area contributed by atoms with Crippen LogP contribution >= 0.6 is 10.8 Å². The maximum atomic E-state index is 14.1. The molecular formula is C24H28N4O7S2. The van der Waals surface area contributed by atoms with E-state index in [0.717, 1.165) is 12.7 Å². The average molecular weight is 549 g/mol. The van der Waals surface area contributed by atoms with Crippen LogP contribution in [-0.4, -0.2) is 46.4 Å². The van der Waals surface area contributed by atoms with Crippen LogP contribution in [0.5, 0.6) is 0 Å². The molecule has 0 saturated carbocycles. The van der Waals surface area contributed by atoms with Gasteiger partial charge in [-0.25, -0.2) is 8.42 Å². The Hall–Kier alpha value is -3.39. The summed E-state index contributed by atoms with van der Waals surface area (Å²) < 4.78 is 51.2. The Kier molecular flexibility index (Phi) is 6.84.